The maximum Gasteiger partial charge on any atom is 0.338 e. The number of amides is 1. The Hall–Kier alpha value is -3.98. The second-order valence-electron chi connectivity index (χ2n) is 8.22. The molecule has 8 nitrogen and oxygen atoms in total. The van der Waals surface area contributed by atoms with Crippen LogP contribution >= 0.6 is 11.3 Å². The molecule has 0 spiro atoms. The van der Waals surface area contributed by atoms with Crippen molar-refractivity contribution in [1.82, 2.24) is 9.38 Å². The smallest absolute Gasteiger partial charge is 0.338 e. The Morgan fingerprint density at radius 1 is 1.06 bits per heavy atom. The molecule has 2 aromatic carbocycles. The van der Waals surface area contributed by atoms with Crippen LogP contribution in [-0.4, -0.2) is 28.4 Å². The van der Waals surface area contributed by atoms with Crippen molar-refractivity contribution in [2.75, 3.05) is 12.4 Å². The highest BCUT2D eigenvalue weighted by molar-refractivity contribution is 7.17. The van der Waals surface area contributed by atoms with Gasteiger partial charge in [0.05, 0.1) is 18.4 Å². The minimum Gasteiger partial charge on any atom is -0.497 e. The molecule has 0 bridgehead atoms. The minimum absolute atomic E-state index is 0.0958. The molecule has 35 heavy (non-hydrogen) atoms. The van der Waals surface area contributed by atoms with Crippen LogP contribution in [0, 0.1) is 0 Å². The van der Waals surface area contributed by atoms with Gasteiger partial charge in [-0.25, -0.2) is 9.78 Å². The fourth-order valence-corrected chi connectivity index (χ4v) is 5.33. The van der Waals surface area contributed by atoms with Crippen LogP contribution < -0.4 is 15.6 Å². The highest BCUT2D eigenvalue weighted by Gasteiger charge is 2.19. The topological polar surface area (TPSA) is 99.0 Å². The zero-order valence-electron chi connectivity index (χ0n) is 19.1. The van der Waals surface area contributed by atoms with Crippen LogP contribution in [0.15, 0.2) is 59.4 Å². The molecule has 1 N–H and O–H groups in total. The number of carbonyl (C=O) groups is 2. The molecule has 1 aliphatic rings. The highest BCUT2D eigenvalue weighted by Crippen LogP contribution is 2.28. The molecule has 2 heterocycles. The highest BCUT2D eigenvalue weighted by atomic mass is 32.1. The van der Waals surface area contributed by atoms with Gasteiger partial charge in [0, 0.05) is 27.9 Å². The van der Waals surface area contributed by atoms with Crippen molar-refractivity contribution in [3.05, 3.63) is 92.3 Å². The number of hydrogen-bond donors (Lipinski definition) is 1. The molecule has 0 saturated carbocycles. The van der Waals surface area contributed by atoms with Crippen molar-refractivity contribution in [1.29, 1.82) is 0 Å². The molecule has 1 aliphatic carbocycles. The number of anilines is 1. The molecule has 0 aliphatic heterocycles. The standard InChI is InChI=1S/C26H23N3O5S/c1-33-20-6-4-5-17(13-20)24(31)27-18-11-9-16(10-12-18)25(32)34-15-19-14-23(30)29-21-7-2-3-8-22(21)35-26(29)28-19/h4-6,9-14H,2-3,7-8,15H2,1H3,(H,27,31). The molecule has 178 valence electrons. The average molecular weight is 490 g/mol. The summed E-state index contributed by atoms with van der Waals surface area (Å²) < 4.78 is 12.2. The molecule has 9 heteroatoms. The molecule has 0 atom stereocenters. The average Bonchev–Trinajstić information content (AvgIpc) is 3.26. The lowest BCUT2D eigenvalue weighted by Crippen LogP contribution is -2.18. The summed E-state index contributed by atoms with van der Waals surface area (Å²) in [5.74, 6) is -0.240. The van der Waals surface area contributed by atoms with Crippen LogP contribution in [0.5, 0.6) is 5.75 Å². The van der Waals surface area contributed by atoms with Crippen molar-refractivity contribution in [3.8, 4) is 5.75 Å². The van der Waals surface area contributed by atoms with E-state index in [-0.39, 0.29) is 18.1 Å². The van der Waals surface area contributed by atoms with Gasteiger partial charge in [-0.2, -0.15) is 0 Å². The molecule has 0 fully saturated rings. The van der Waals surface area contributed by atoms with Gasteiger partial charge in [-0.05, 0) is 68.1 Å². The van der Waals surface area contributed by atoms with Gasteiger partial charge in [-0.1, -0.05) is 6.07 Å². The second-order valence-corrected chi connectivity index (χ2v) is 9.28. The molecule has 5 rings (SSSR count). The third kappa shape index (κ3) is 4.81. The summed E-state index contributed by atoms with van der Waals surface area (Å²) in [4.78, 5) is 44.0. The molecule has 0 unspecified atom stereocenters. The van der Waals surface area contributed by atoms with Gasteiger partial charge in [0.25, 0.3) is 11.5 Å². The third-order valence-electron chi connectivity index (χ3n) is 5.88. The number of methoxy groups -OCH3 is 1. The molecule has 4 aromatic rings. The van der Waals surface area contributed by atoms with Gasteiger partial charge in [0.2, 0.25) is 0 Å². The number of nitrogens with one attached hydrogen (secondary N) is 1. The van der Waals surface area contributed by atoms with Gasteiger partial charge < -0.3 is 14.8 Å². The number of ether oxygens (including phenoxy) is 2. The zero-order valence-corrected chi connectivity index (χ0v) is 19.9. The summed E-state index contributed by atoms with van der Waals surface area (Å²) >= 11 is 1.54. The van der Waals surface area contributed by atoms with E-state index in [2.05, 4.69) is 10.3 Å². The van der Waals surface area contributed by atoms with Crippen molar-refractivity contribution >= 4 is 33.9 Å². The van der Waals surface area contributed by atoms with Crippen LogP contribution in [-0.2, 0) is 24.2 Å². The van der Waals surface area contributed by atoms with Crippen molar-refractivity contribution < 1.29 is 19.1 Å². The number of hydrogen-bond acceptors (Lipinski definition) is 7. The zero-order chi connectivity index (χ0) is 24.4. The first kappa shape index (κ1) is 22.8. The van der Waals surface area contributed by atoms with Gasteiger partial charge in [-0.3, -0.25) is 14.0 Å². The predicted molar refractivity (Wildman–Crippen MR) is 132 cm³/mol. The number of aromatic nitrogens is 2. The second kappa shape index (κ2) is 9.71. The van der Waals surface area contributed by atoms with E-state index in [1.165, 1.54) is 29.4 Å². The number of thiazole rings is 1. The van der Waals surface area contributed by atoms with Crippen LogP contribution in [0.25, 0.3) is 4.96 Å². The minimum atomic E-state index is -0.539. The fourth-order valence-electron chi connectivity index (χ4n) is 4.10. The summed E-state index contributed by atoms with van der Waals surface area (Å²) in [6.45, 7) is -0.0958. The van der Waals surface area contributed by atoms with E-state index in [0.29, 0.717) is 33.2 Å². The Bertz CT molecular complexity index is 1470. The quantitative estimate of drug-likeness (QED) is 0.407. The molecule has 2 aromatic heterocycles. The Morgan fingerprint density at radius 2 is 1.86 bits per heavy atom. The summed E-state index contributed by atoms with van der Waals surface area (Å²) in [6, 6.07) is 14.7. The maximum atomic E-state index is 12.7. The van der Waals surface area contributed by atoms with E-state index in [4.69, 9.17) is 9.47 Å². The normalized spacial score (nSPS) is 12.7. The number of carbonyl (C=O) groups excluding carboxylic acids is 2. The van der Waals surface area contributed by atoms with E-state index in [1.807, 2.05) is 0 Å². The lowest BCUT2D eigenvalue weighted by atomic mass is 10.0. The van der Waals surface area contributed by atoms with E-state index in [9.17, 15) is 14.4 Å². The summed E-state index contributed by atoms with van der Waals surface area (Å²) in [5, 5.41) is 2.78. The maximum absolute atomic E-state index is 12.7. The van der Waals surface area contributed by atoms with Crippen molar-refractivity contribution in [2.45, 2.75) is 32.3 Å². The lowest BCUT2D eigenvalue weighted by molar-refractivity contribution is 0.0467. The molecular weight excluding hydrogens is 466 g/mol. The van der Waals surface area contributed by atoms with Crippen LogP contribution in [0.1, 0.15) is 49.8 Å². The Balaban J connectivity index is 1.23. The summed E-state index contributed by atoms with van der Waals surface area (Å²) in [7, 11) is 1.54. The number of fused-ring (bicyclic) bond motifs is 3. The van der Waals surface area contributed by atoms with Crippen LogP contribution in [0.3, 0.4) is 0 Å². The summed E-state index contributed by atoms with van der Waals surface area (Å²) in [5.41, 5.74) is 2.67. The Morgan fingerprint density at radius 3 is 2.66 bits per heavy atom. The van der Waals surface area contributed by atoms with E-state index < -0.39 is 5.97 Å². The third-order valence-corrected chi connectivity index (χ3v) is 7.02. The Labute approximate surface area is 205 Å². The van der Waals surface area contributed by atoms with Gasteiger partial charge in [-0.15, -0.1) is 11.3 Å². The molecule has 1 amide bonds. The first-order valence-corrected chi connectivity index (χ1v) is 12.1. The largest absolute Gasteiger partial charge is 0.497 e. The van der Waals surface area contributed by atoms with E-state index in [1.54, 1.807) is 52.9 Å². The summed E-state index contributed by atoms with van der Waals surface area (Å²) in [6.07, 6.45) is 4.07. The van der Waals surface area contributed by atoms with Gasteiger partial charge >= 0.3 is 5.97 Å². The first-order valence-electron chi connectivity index (χ1n) is 11.3. The lowest BCUT2D eigenvalue weighted by Gasteiger charge is -2.10. The molecule has 0 radical (unpaired) electrons. The monoisotopic (exact) mass is 489 g/mol. The van der Waals surface area contributed by atoms with Crippen molar-refractivity contribution in [2.24, 2.45) is 0 Å². The number of nitrogens with zero attached hydrogens (tertiary/aromatic N) is 2. The van der Waals surface area contributed by atoms with E-state index in [0.717, 1.165) is 31.4 Å². The number of benzene rings is 2. The predicted octanol–water partition coefficient (Wildman–Crippen LogP) is 4.25. The first-order chi connectivity index (χ1) is 17.0. The van der Waals surface area contributed by atoms with Gasteiger partial charge in [0.15, 0.2) is 4.96 Å². The SMILES string of the molecule is COc1cccc(C(=O)Nc2ccc(C(=O)OCc3cc(=O)n4c5c(sc4n3)CCCC5)cc2)c1. The van der Waals surface area contributed by atoms with Crippen LogP contribution in [0.2, 0.25) is 0 Å². The van der Waals surface area contributed by atoms with Gasteiger partial charge in [0.1, 0.15) is 12.4 Å². The van der Waals surface area contributed by atoms with Crippen LogP contribution in [0.4, 0.5) is 5.69 Å². The molecular formula is C26H23N3O5S. The fraction of sp³-hybridized carbons (Fsp3) is 0.231. The number of rotatable bonds is 6. The van der Waals surface area contributed by atoms with Crippen molar-refractivity contribution in [3.63, 3.8) is 0 Å². The molecule has 0 saturated heterocycles. The Kier molecular flexibility index (Phi) is 6.33. The van der Waals surface area contributed by atoms with E-state index >= 15 is 0 Å². The number of aryl methyl sites for hydroxylation is 2. The number of esters is 1.